The summed E-state index contributed by atoms with van der Waals surface area (Å²) in [7, 11) is -4.06. The summed E-state index contributed by atoms with van der Waals surface area (Å²) in [4.78, 5) is 26.4. The molecule has 0 unspecified atom stereocenters. The Labute approximate surface area is 111 Å². The fourth-order valence-electron chi connectivity index (χ4n) is 1.78. The highest BCUT2D eigenvalue weighted by atomic mass is 31.2. The molecule has 0 aliphatic carbocycles. The predicted octanol–water partition coefficient (Wildman–Crippen LogP) is 2.38. The van der Waals surface area contributed by atoms with Gasteiger partial charge >= 0.3 is 7.60 Å². The maximum atomic E-state index is 11.0. The number of aromatic nitrogens is 2. The maximum Gasteiger partial charge on any atom is 0.329 e. The van der Waals surface area contributed by atoms with Gasteiger partial charge in [-0.15, -0.1) is 0 Å². The van der Waals surface area contributed by atoms with Crippen molar-refractivity contribution in [3.05, 3.63) is 47.8 Å². The molecule has 0 bridgehead atoms. The van der Waals surface area contributed by atoms with Crippen LogP contribution in [0.2, 0.25) is 0 Å². The molecule has 2 rings (SSSR count). The van der Waals surface area contributed by atoms with Crippen molar-refractivity contribution in [2.24, 2.45) is 0 Å². The number of aryl methyl sites for hydroxylation is 1. The highest BCUT2D eigenvalue weighted by Gasteiger charge is 2.14. The second-order valence-electron chi connectivity index (χ2n) is 4.28. The standard InChI is InChI=1S/C13H15N2O3P/c1-2-10-3-5-14-12(7-10)13-8-11(4-6-15-13)9-19(16,17)18/h3-8H,2,9H2,1H3,(H2,16,17,18). The van der Waals surface area contributed by atoms with Crippen LogP contribution in [0.5, 0.6) is 0 Å². The summed E-state index contributed by atoms with van der Waals surface area (Å²) in [6.45, 7) is 2.05. The molecule has 0 aromatic carbocycles. The van der Waals surface area contributed by atoms with Gasteiger partial charge in [0.2, 0.25) is 0 Å². The van der Waals surface area contributed by atoms with Crippen LogP contribution in [0.25, 0.3) is 11.4 Å². The predicted molar refractivity (Wildman–Crippen MR) is 72.6 cm³/mol. The van der Waals surface area contributed by atoms with E-state index >= 15 is 0 Å². The lowest BCUT2D eigenvalue weighted by atomic mass is 10.1. The van der Waals surface area contributed by atoms with Gasteiger partial charge < -0.3 is 9.79 Å². The van der Waals surface area contributed by atoms with Crippen molar-refractivity contribution in [2.75, 3.05) is 0 Å². The number of rotatable bonds is 4. The zero-order valence-corrected chi connectivity index (χ0v) is 11.4. The molecule has 0 radical (unpaired) electrons. The molecule has 0 amide bonds. The summed E-state index contributed by atoms with van der Waals surface area (Å²) in [5, 5.41) is 0. The third-order valence-electron chi connectivity index (χ3n) is 2.71. The molecule has 2 N–H and O–H groups in total. The first kappa shape index (κ1) is 13.9. The molecular formula is C13H15N2O3P. The Hall–Kier alpha value is -1.55. The summed E-state index contributed by atoms with van der Waals surface area (Å²) in [5.74, 6) is 0. The number of hydrogen-bond donors (Lipinski definition) is 2. The molecule has 2 aromatic rings. The smallest absolute Gasteiger partial charge is 0.324 e. The molecule has 0 atom stereocenters. The average molecular weight is 278 g/mol. The quantitative estimate of drug-likeness (QED) is 0.839. The lowest BCUT2D eigenvalue weighted by Crippen LogP contribution is -1.93. The van der Waals surface area contributed by atoms with Gasteiger partial charge in [0.15, 0.2) is 0 Å². The molecule has 19 heavy (non-hydrogen) atoms. The van der Waals surface area contributed by atoms with E-state index in [4.69, 9.17) is 9.79 Å². The van der Waals surface area contributed by atoms with Crippen LogP contribution in [-0.4, -0.2) is 19.8 Å². The Morgan fingerprint density at radius 1 is 1.05 bits per heavy atom. The lowest BCUT2D eigenvalue weighted by molar-refractivity contribution is 0.371. The maximum absolute atomic E-state index is 11.0. The molecule has 0 aliphatic heterocycles. The summed E-state index contributed by atoms with van der Waals surface area (Å²) in [6, 6.07) is 7.14. The topological polar surface area (TPSA) is 83.3 Å². The Kier molecular flexibility index (Phi) is 4.10. The summed E-state index contributed by atoms with van der Waals surface area (Å²) in [6.07, 6.45) is 3.87. The molecule has 0 spiro atoms. The lowest BCUT2D eigenvalue weighted by Gasteiger charge is -2.06. The Balaban J connectivity index is 2.34. The van der Waals surface area contributed by atoms with Gasteiger partial charge in [-0.25, -0.2) is 0 Å². The highest BCUT2D eigenvalue weighted by Crippen LogP contribution is 2.39. The van der Waals surface area contributed by atoms with E-state index in [2.05, 4.69) is 16.9 Å². The second kappa shape index (κ2) is 5.61. The largest absolute Gasteiger partial charge is 0.329 e. The average Bonchev–Trinajstić information content (AvgIpc) is 2.37. The van der Waals surface area contributed by atoms with Crippen LogP contribution in [-0.2, 0) is 17.1 Å². The van der Waals surface area contributed by atoms with E-state index in [1.807, 2.05) is 12.1 Å². The third-order valence-corrected chi connectivity index (χ3v) is 3.49. The van der Waals surface area contributed by atoms with Crippen LogP contribution >= 0.6 is 7.60 Å². The molecule has 2 aromatic heterocycles. The van der Waals surface area contributed by atoms with Gasteiger partial charge in [-0.3, -0.25) is 14.5 Å². The molecule has 5 nitrogen and oxygen atoms in total. The van der Waals surface area contributed by atoms with Gasteiger partial charge in [0.1, 0.15) is 0 Å². The van der Waals surface area contributed by atoms with E-state index in [1.54, 1.807) is 24.5 Å². The Morgan fingerprint density at radius 3 is 2.11 bits per heavy atom. The summed E-state index contributed by atoms with van der Waals surface area (Å²) < 4.78 is 11.0. The summed E-state index contributed by atoms with van der Waals surface area (Å²) in [5.41, 5.74) is 3.04. The molecule has 0 saturated heterocycles. The van der Waals surface area contributed by atoms with Gasteiger partial charge in [0.25, 0.3) is 0 Å². The van der Waals surface area contributed by atoms with Crippen LogP contribution in [0.4, 0.5) is 0 Å². The minimum Gasteiger partial charge on any atom is -0.324 e. The van der Waals surface area contributed by atoms with Crippen molar-refractivity contribution in [1.82, 2.24) is 9.97 Å². The SMILES string of the molecule is CCc1ccnc(-c2cc(CP(=O)(O)O)ccn2)c1. The van der Waals surface area contributed by atoms with Crippen LogP contribution in [0.15, 0.2) is 36.7 Å². The molecule has 0 saturated carbocycles. The minimum atomic E-state index is -4.06. The minimum absolute atomic E-state index is 0.282. The van der Waals surface area contributed by atoms with Crippen molar-refractivity contribution in [2.45, 2.75) is 19.5 Å². The van der Waals surface area contributed by atoms with Crippen LogP contribution in [0.1, 0.15) is 18.1 Å². The Morgan fingerprint density at radius 2 is 1.58 bits per heavy atom. The molecular weight excluding hydrogens is 263 g/mol. The monoisotopic (exact) mass is 278 g/mol. The van der Waals surface area contributed by atoms with E-state index in [9.17, 15) is 4.57 Å². The fourth-order valence-corrected chi connectivity index (χ4v) is 2.46. The molecule has 0 fully saturated rings. The van der Waals surface area contributed by atoms with E-state index in [-0.39, 0.29) is 6.16 Å². The van der Waals surface area contributed by atoms with Crippen molar-refractivity contribution in [3.63, 3.8) is 0 Å². The van der Waals surface area contributed by atoms with E-state index in [0.717, 1.165) is 12.0 Å². The van der Waals surface area contributed by atoms with Crippen molar-refractivity contribution < 1.29 is 14.4 Å². The van der Waals surface area contributed by atoms with Gasteiger partial charge in [0, 0.05) is 12.4 Å². The first-order valence-corrected chi connectivity index (χ1v) is 7.72. The fraction of sp³-hybridized carbons (Fsp3) is 0.231. The Bertz CT molecular complexity index is 625. The van der Waals surface area contributed by atoms with E-state index in [1.165, 1.54) is 0 Å². The number of hydrogen-bond acceptors (Lipinski definition) is 3. The van der Waals surface area contributed by atoms with Gasteiger partial charge in [-0.2, -0.15) is 0 Å². The zero-order chi connectivity index (χ0) is 13.9. The van der Waals surface area contributed by atoms with Crippen LogP contribution < -0.4 is 0 Å². The highest BCUT2D eigenvalue weighted by molar-refractivity contribution is 7.50. The molecule has 2 heterocycles. The molecule has 0 aliphatic rings. The van der Waals surface area contributed by atoms with Gasteiger partial charge in [0.05, 0.1) is 17.5 Å². The van der Waals surface area contributed by atoms with Gasteiger partial charge in [-0.05, 0) is 41.8 Å². The second-order valence-corrected chi connectivity index (χ2v) is 5.92. The first-order valence-electron chi connectivity index (χ1n) is 5.93. The first-order chi connectivity index (χ1) is 8.98. The van der Waals surface area contributed by atoms with Crippen LogP contribution in [0.3, 0.4) is 0 Å². The van der Waals surface area contributed by atoms with Crippen LogP contribution in [0, 0.1) is 0 Å². The third kappa shape index (κ3) is 3.96. The van der Waals surface area contributed by atoms with Crippen molar-refractivity contribution in [3.8, 4) is 11.4 Å². The zero-order valence-electron chi connectivity index (χ0n) is 10.5. The van der Waals surface area contributed by atoms with E-state index in [0.29, 0.717) is 17.0 Å². The van der Waals surface area contributed by atoms with Crippen molar-refractivity contribution in [1.29, 1.82) is 0 Å². The van der Waals surface area contributed by atoms with Gasteiger partial charge in [-0.1, -0.05) is 6.92 Å². The number of pyridine rings is 2. The van der Waals surface area contributed by atoms with Crippen molar-refractivity contribution >= 4 is 7.60 Å². The summed E-state index contributed by atoms with van der Waals surface area (Å²) >= 11 is 0. The number of nitrogens with zero attached hydrogens (tertiary/aromatic N) is 2. The van der Waals surface area contributed by atoms with E-state index < -0.39 is 7.60 Å². The molecule has 100 valence electrons. The normalized spacial score (nSPS) is 11.5. The molecule has 6 heteroatoms.